The topological polar surface area (TPSA) is 117 Å². The van der Waals surface area contributed by atoms with Crippen LogP contribution in [0.2, 0.25) is 0 Å². The average Bonchev–Trinajstić information content (AvgIpc) is 3.17. The van der Waals surface area contributed by atoms with Crippen LogP contribution in [0.4, 0.5) is 5.69 Å². The summed E-state index contributed by atoms with van der Waals surface area (Å²) < 4.78 is 15.3. The van der Waals surface area contributed by atoms with Crippen molar-refractivity contribution in [2.75, 3.05) is 13.4 Å². The van der Waals surface area contributed by atoms with Crippen LogP contribution in [-0.2, 0) is 20.9 Å². The first-order valence-corrected chi connectivity index (χ1v) is 8.26. The number of benzene rings is 2. The Bertz CT molecular complexity index is 922. The summed E-state index contributed by atoms with van der Waals surface area (Å²) in [6.07, 6.45) is 2.59. The van der Waals surface area contributed by atoms with Gasteiger partial charge in [-0.05, 0) is 41.5 Å². The maximum Gasteiger partial charge on any atom is 0.331 e. The zero-order valence-electron chi connectivity index (χ0n) is 14.6. The maximum atomic E-state index is 11.8. The molecule has 0 atom stereocenters. The quantitative estimate of drug-likeness (QED) is 0.336. The van der Waals surface area contributed by atoms with E-state index in [0.29, 0.717) is 17.1 Å². The number of ether oxygens (including phenoxy) is 3. The van der Waals surface area contributed by atoms with E-state index in [1.807, 2.05) is 0 Å². The summed E-state index contributed by atoms with van der Waals surface area (Å²) in [6, 6.07) is 11.0. The van der Waals surface area contributed by atoms with E-state index in [-0.39, 0.29) is 19.0 Å². The molecule has 1 aliphatic rings. The van der Waals surface area contributed by atoms with Crippen LogP contribution in [-0.4, -0.2) is 30.2 Å². The molecule has 0 saturated heterocycles. The third-order valence-electron chi connectivity index (χ3n) is 3.79. The lowest BCUT2D eigenvalue weighted by molar-refractivity contribution is -0.384. The molecule has 0 saturated carbocycles. The van der Waals surface area contributed by atoms with Gasteiger partial charge in [-0.2, -0.15) is 0 Å². The number of amides is 1. The summed E-state index contributed by atoms with van der Waals surface area (Å²) in [7, 11) is 0. The normalized spacial score (nSPS) is 12.0. The Morgan fingerprint density at radius 1 is 1.14 bits per heavy atom. The summed E-state index contributed by atoms with van der Waals surface area (Å²) in [5.74, 6) is 0.129. The molecule has 1 heterocycles. The number of fused-ring (bicyclic) bond motifs is 1. The Balaban J connectivity index is 1.41. The van der Waals surface area contributed by atoms with Gasteiger partial charge in [0.2, 0.25) is 6.79 Å². The number of carbonyl (C=O) groups is 2. The lowest BCUT2D eigenvalue weighted by Crippen LogP contribution is -2.28. The summed E-state index contributed by atoms with van der Waals surface area (Å²) in [4.78, 5) is 33.5. The van der Waals surface area contributed by atoms with Gasteiger partial charge in [-0.3, -0.25) is 14.9 Å². The second-order valence-electron chi connectivity index (χ2n) is 5.75. The minimum absolute atomic E-state index is 0.0427. The molecule has 9 nitrogen and oxygen atoms in total. The van der Waals surface area contributed by atoms with Gasteiger partial charge in [0.25, 0.3) is 11.6 Å². The van der Waals surface area contributed by atoms with Crippen LogP contribution in [0.5, 0.6) is 11.5 Å². The Labute approximate surface area is 159 Å². The van der Waals surface area contributed by atoms with Gasteiger partial charge in [-0.25, -0.2) is 4.79 Å². The largest absolute Gasteiger partial charge is 0.454 e. The van der Waals surface area contributed by atoms with Gasteiger partial charge in [0.05, 0.1) is 4.92 Å². The van der Waals surface area contributed by atoms with Gasteiger partial charge in [0, 0.05) is 24.8 Å². The third kappa shape index (κ3) is 5.07. The Morgan fingerprint density at radius 3 is 2.64 bits per heavy atom. The number of carbonyl (C=O) groups excluding carboxylic acids is 2. The van der Waals surface area contributed by atoms with Gasteiger partial charge in [0.1, 0.15) is 0 Å². The summed E-state index contributed by atoms with van der Waals surface area (Å²) in [5.41, 5.74) is 1.37. The van der Waals surface area contributed by atoms with E-state index in [1.165, 1.54) is 30.3 Å². The second-order valence-corrected chi connectivity index (χ2v) is 5.75. The number of rotatable bonds is 7. The molecular weight excluding hydrogens is 368 g/mol. The van der Waals surface area contributed by atoms with Crippen LogP contribution in [0, 0.1) is 10.1 Å². The minimum atomic E-state index is -0.698. The van der Waals surface area contributed by atoms with Gasteiger partial charge in [-0.1, -0.05) is 6.07 Å². The highest BCUT2D eigenvalue weighted by Crippen LogP contribution is 2.32. The van der Waals surface area contributed by atoms with Gasteiger partial charge < -0.3 is 19.5 Å². The SMILES string of the molecule is O=C(COC(=O)/C=C/c1ccc([N+](=O)[O-])cc1)NCc1ccc2c(c1)OCO2. The molecule has 3 rings (SSSR count). The highest BCUT2D eigenvalue weighted by atomic mass is 16.7. The van der Waals surface area contributed by atoms with Crippen molar-refractivity contribution in [3.8, 4) is 11.5 Å². The Kier molecular flexibility index (Phi) is 5.85. The van der Waals surface area contributed by atoms with Crippen LogP contribution >= 0.6 is 0 Å². The molecule has 1 N–H and O–H groups in total. The fraction of sp³-hybridized carbons (Fsp3) is 0.158. The number of hydrogen-bond donors (Lipinski definition) is 1. The predicted octanol–water partition coefficient (Wildman–Crippen LogP) is 2.20. The fourth-order valence-electron chi connectivity index (χ4n) is 2.36. The highest BCUT2D eigenvalue weighted by Gasteiger charge is 2.13. The van der Waals surface area contributed by atoms with Crippen LogP contribution in [0.25, 0.3) is 6.08 Å². The van der Waals surface area contributed by atoms with E-state index >= 15 is 0 Å². The number of esters is 1. The molecule has 0 bridgehead atoms. The van der Waals surface area contributed by atoms with Crippen molar-refractivity contribution in [3.63, 3.8) is 0 Å². The Morgan fingerprint density at radius 2 is 1.89 bits per heavy atom. The van der Waals surface area contributed by atoms with Crippen molar-refractivity contribution in [2.24, 2.45) is 0 Å². The molecule has 0 unspecified atom stereocenters. The minimum Gasteiger partial charge on any atom is -0.454 e. The lowest BCUT2D eigenvalue weighted by Gasteiger charge is -2.06. The van der Waals surface area contributed by atoms with Crippen molar-refractivity contribution in [1.29, 1.82) is 0 Å². The lowest BCUT2D eigenvalue weighted by atomic mass is 10.2. The number of nitrogens with one attached hydrogen (secondary N) is 1. The molecule has 1 aliphatic heterocycles. The molecule has 0 radical (unpaired) electrons. The van der Waals surface area contributed by atoms with Gasteiger partial charge in [0.15, 0.2) is 18.1 Å². The molecule has 0 aromatic heterocycles. The second kappa shape index (κ2) is 8.67. The van der Waals surface area contributed by atoms with E-state index in [1.54, 1.807) is 18.2 Å². The summed E-state index contributed by atoms with van der Waals surface area (Å²) in [5, 5.41) is 13.2. The first-order chi connectivity index (χ1) is 13.5. The van der Waals surface area contributed by atoms with Crippen molar-refractivity contribution >= 4 is 23.6 Å². The molecule has 2 aromatic carbocycles. The number of nitro groups is 1. The monoisotopic (exact) mass is 384 g/mol. The third-order valence-corrected chi connectivity index (χ3v) is 3.79. The molecule has 28 heavy (non-hydrogen) atoms. The van der Waals surface area contributed by atoms with Crippen LogP contribution in [0.15, 0.2) is 48.5 Å². The van der Waals surface area contributed by atoms with Gasteiger partial charge in [-0.15, -0.1) is 0 Å². The molecule has 0 aliphatic carbocycles. The highest BCUT2D eigenvalue weighted by molar-refractivity contribution is 5.89. The zero-order chi connectivity index (χ0) is 19.9. The molecule has 2 aromatic rings. The summed E-state index contributed by atoms with van der Waals surface area (Å²) >= 11 is 0. The first kappa shape index (κ1) is 18.9. The zero-order valence-corrected chi connectivity index (χ0v) is 14.6. The average molecular weight is 384 g/mol. The molecule has 1 amide bonds. The van der Waals surface area contributed by atoms with Crippen molar-refractivity contribution < 1.29 is 28.7 Å². The number of hydrogen-bond acceptors (Lipinski definition) is 7. The number of non-ortho nitro benzene ring substituents is 1. The first-order valence-electron chi connectivity index (χ1n) is 8.26. The molecule has 144 valence electrons. The van der Waals surface area contributed by atoms with Gasteiger partial charge >= 0.3 is 5.97 Å². The van der Waals surface area contributed by atoms with Crippen LogP contribution in [0.1, 0.15) is 11.1 Å². The van der Waals surface area contributed by atoms with Crippen molar-refractivity contribution in [1.82, 2.24) is 5.32 Å². The van der Waals surface area contributed by atoms with Crippen molar-refractivity contribution in [2.45, 2.75) is 6.54 Å². The molecule has 0 fully saturated rings. The van der Waals surface area contributed by atoms with E-state index in [0.717, 1.165) is 11.6 Å². The molecule has 0 spiro atoms. The summed E-state index contributed by atoms with van der Waals surface area (Å²) in [6.45, 7) is 0.00807. The number of nitrogens with zero attached hydrogens (tertiary/aromatic N) is 1. The predicted molar refractivity (Wildman–Crippen MR) is 97.5 cm³/mol. The van der Waals surface area contributed by atoms with Crippen molar-refractivity contribution in [3.05, 3.63) is 69.8 Å². The maximum absolute atomic E-state index is 11.8. The molecule has 9 heteroatoms. The van der Waals surface area contributed by atoms with E-state index in [9.17, 15) is 19.7 Å². The smallest absolute Gasteiger partial charge is 0.331 e. The standard InChI is InChI=1S/C19H16N2O7/c22-18(20-10-14-3-7-16-17(9-14)28-12-27-16)11-26-19(23)8-4-13-1-5-15(6-2-13)21(24)25/h1-9H,10-12H2,(H,20,22)/b8-4+. The van der Waals surface area contributed by atoms with E-state index in [4.69, 9.17) is 14.2 Å². The van der Waals surface area contributed by atoms with E-state index in [2.05, 4.69) is 5.32 Å². The number of nitro benzene ring substituents is 1. The Hall–Kier alpha value is -3.88. The fourth-order valence-corrected chi connectivity index (χ4v) is 2.36. The molecular formula is C19H16N2O7. The van der Waals surface area contributed by atoms with E-state index < -0.39 is 23.4 Å². The van der Waals surface area contributed by atoms with Crippen LogP contribution < -0.4 is 14.8 Å². The van der Waals surface area contributed by atoms with Crippen LogP contribution in [0.3, 0.4) is 0 Å².